The van der Waals surface area contributed by atoms with Crippen LogP contribution in [0.25, 0.3) is 22.2 Å². The van der Waals surface area contributed by atoms with Crippen LogP contribution in [0.2, 0.25) is 0 Å². The molecule has 8 heteroatoms. The van der Waals surface area contributed by atoms with Crippen molar-refractivity contribution in [2.45, 2.75) is 25.3 Å². The van der Waals surface area contributed by atoms with Gasteiger partial charge in [-0.25, -0.2) is 9.97 Å². The van der Waals surface area contributed by atoms with Crippen LogP contribution in [-0.4, -0.2) is 57.4 Å². The number of pyridine rings is 2. The number of benzene rings is 1. The average molecular weight is 494 g/mol. The number of fused-ring (bicyclic) bond motifs is 1. The van der Waals surface area contributed by atoms with E-state index < -0.39 is 0 Å². The third-order valence-corrected chi connectivity index (χ3v) is 7.35. The second-order valence-electron chi connectivity index (χ2n) is 9.91. The summed E-state index contributed by atoms with van der Waals surface area (Å²) in [5.41, 5.74) is 11.9. The van der Waals surface area contributed by atoms with Gasteiger partial charge in [0.05, 0.1) is 0 Å². The zero-order valence-electron chi connectivity index (χ0n) is 21.5. The van der Waals surface area contributed by atoms with Crippen molar-refractivity contribution in [3.8, 4) is 17.2 Å². The standard InChI is InChI=1S/C29H31N7O/c1-34(2)29(37)21-6-4-19(5-7-21)20-11-14-36(15-12-20)18-22-16-25-23(10-13-32-28(25)35(22)3)24-8-9-27(31)33-26(24)17-30/h4-10,13,16,20H,11-12,14-15,18H2,1-3H3,(H2,31,33). The summed E-state index contributed by atoms with van der Waals surface area (Å²) in [5.74, 6) is 0.870. The number of nitrogen functional groups attached to an aromatic ring is 1. The number of hydrogen-bond acceptors (Lipinski definition) is 6. The molecule has 2 N–H and O–H groups in total. The maximum atomic E-state index is 12.2. The average Bonchev–Trinajstić information content (AvgIpc) is 3.23. The number of aryl methyl sites for hydroxylation is 1. The van der Waals surface area contributed by atoms with Crippen LogP contribution in [0.3, 0.4) is 0 Å². The van der Waals surface area contributed by atoms with Crippen molar-refractivity contribution in [1.82, 2.24) is 24.3 Å². The van der Waals surface area contributed by atoms with Gasteiger partial charge in [0, 0.05) is 56.1 Å². The lowest BCUT2D eigenvalue weighted by atomic mass is 9.89. The zero-order chi connectivity index (χ0) is 26.1. The summed E-state index contributed by atoms with van der Waals surface area (Å²) in [6, 6.07) is 18.0. The Morgan fingerprint density at radius 3 is 2.51 bits per heavy atom. The Kier molecular flexibility index (Phi) is 6.64. The van der Waals surface area contributed by atoms with E-state index in [0.717, 1.165) is 60.2 Å². The summed E-state index contributed by atoms with van der Waals surface area (Å²) in [5, 5.41) is 10.6. The molecule has 1 saturated heterocycles. The minimum atomic E-state index is 0.0328. The van der Waals surface area contributed by atoms with Crippen molar-refractivity contribution in [3.05, 3.63) is 77.2 Å². The van der Waals surface area contributed by atoms with Crippen molar-refractivity contribution < 1.29 is 4.79 Å². The maximum absolute atomic E-state index is 12.2. The van der Waals surface area contributed by atoms with Gasteiger partial charge in [0.2, 0.25) is 0 Å². The van der Waals surface area contributed by atoms with E-state index in [0.29, 0.717) is 17.4 Å². The van der Waals surface area contributed by atoms with E-state index in [1.54, 1.807) is 31.3 Å². The monoisotopic (exact) mass is 493 g/mol. The molecule has 1 amide bonds. The molecular weight excluding hydrogens is 462 g/mol. The van der Waals surface area contributed by atoms with Gasteiger partial charge in [-0.2, -0.15) is 5.26 Å². The third-order valence-electron chi connectivity index (χ3n) is 7.35. The summed E-state index contributed by atoms with van der Waals surface area (Å²) < 4.78 is 2.14. The molecule has 4 aromatic rings. The Morgan fingerprint density at radius 2 is 1.84 bits per heavy atom. The Balaban J connectivity index is 1.31. The number of anilines is 1. The van der Waals surface area contributed by atoms with Gasteiger partial charge in [-0.3, -0.25) is 9.69 Å². The highest BCUT2D eigenvalue weighted by molar-refractivity contribution is 5.95. The normalized spacial score (nSPS) is 14.5. The molecule has 0 atom stereocenters. The van der Waals surface area contributed by atoms with E-state index in [9.17, 15) is 10.1 Å². The van der Waals surface area contributed by atoms with Gasteiger partial charge in [-0.15, -0.1) is 0 Å². The van der Waals surface area contributed by atoms with Gasteiger partial charge in [0.25, 0.3) is 5.91 Å². The first kappa shape index (κ1) is 24.5. The molecule has 0 spiro atoms. The van der Waals surface area contributed by atoms with Crippen molar-refractivity contribution in [2.75, 3.05) is 32.9 Å². The van der Waals surface area contributed by atoms with Crippen LogP contribution in [0.15, 0.2) is 54.7 Å². The number of piperidine rings is 1. The number of likely N-dealkylation sites (tertiary alicyclic amines) is 1. The number of nitrogens with zero attached hydrogens (tertiary/aromatic N) is 6. The van der Waals surface area contributed by atoms with Crippen LogP contribution >= 0.6 is 0 Å². The molecule has 0 aliphatic carbocycles. The highest BCUT2D eigenvalue weighted by atomic mass is 16.2. The zero-order valence-corrected chi connectivity index (χ0v) is 21.5. The number of hydrogen-bond donors (Lipinski definition) is 1. The van der Waals surface area contributed by atoms with Gasteiger partial charge in [0.1, 0.15) is 17.5 Å². The summed E-state index contributed by atoms with van der Waals surface area (Å²) in [6.07, 6.45) is 3.94. The van der Waals surface area contributed by atoms with Gasteiger partial charge >= 0.3 is 0 Å². The van der Waals surface area contributed by atoms with Crippen LogP contribution in [0.5, 0.6) is 0 Å². The smallest absolute Gasteiger partial charge is 0.253 e. The molecule has 8 nitrogen and oxygen atoms in total. The van der Waals surface area contributed by atoms with Gasteiger partial charge < -0.3 is 15.2 Å². The first-order valence-corrected chi connectivity index (χ1v) is 12.5. The third kappa shape index (κ3) is 4.78. The lowest BCUT2D eigenvalue weighted by Gasteiger charge is -2.32. The maximum Gasteiger partial charge on any atom is 0.253 e. The summed E-state index contributed by atoms with van der Waals surface area (Å²) >= 11 is 0. The summed E-state index contributed by atoms with van der Waals surface area (Å²) in [4.78, 5) is 25.1. The summed E-state index contributed by atoms with van der Waals surface area (Å²) in [6.45, 7) is 2.84. The van der Waals surface area contributed by atoms with Crippen molar-refractivity contribution >= 4 is 22.8 Å². The lowest BCUT2D eigenvalue weighted by molar-refractivity contribution is 0.0827. The lowest BCUT2D eigenvalue weighted by Crippen LogP contribution is -2.33. The van der Waals surface area contributed by atoms with Crippen LogP contribution < -0.4 is 5.73 Å². The molecule has 3 aromatic heterocycles. The van der Waals surface area contributed by atoms with Crippen LogP contribution in [0, 0.1) is 11.3 Å². The number of rotatable bonds is 5. The second kappa shape index (κ2) is 10.0. The number of aromatic nitrogens is 3. The minimum absolute atomic E-state index is 0.0328. The van der Waals surface area contributed by atoms with E-state index in [-0.39, 0.29) is 5.91 Å². The number of nitriles is 1. The Morgan fingerprint density at radius 1 is 1.11 bits per heavy atom. The molecule has 1 fully saturated rings. The topological polar surface area (TPSA) is 104 Å². The number of amides is 1. The molecule has 4 heterocycles. The quantitative estimate of drug-likeness (QED) is 0.447. The van der Waals surface area contributed by atoms with Crippen molar-refractivity contribution in [1.29, 1.82) is 5.26 Å². The van der Waals surface area contributed by atoms with Crippen LogP contribution in [0.4, 0.5) is 5.82 Å². The largest absolute Gasteiger partial charge is 0.384 e. The van der Waals surface area contributed by atoms with E-state index in [4.69, 9.17) is 5.73 Å². The molecule has 1 aromatic carbocycles. The van der Waals surface area contributed by atoms with E-state index in [1.807, 2.05) is 31.3 Å². The number of carbonyl (C=O) groups excluding carboxylic acids is 1. The van der Waals surface area contributed by atoms with Crippen LogP contribution in [0.1, 0.15) is 46.1 Å². The van der Waals surface area contributed by atoms with E-state index in [2.05, 4.69) is 43.7 Å². The fourth-order valence-corrected chi connectivity index (χ4v) is 5.24. The van der Waals surface area contributed by atoms with Gasteiger partial charge in [-0.1, -0.05) is 12.1 Å². The molecule has 5 rings (SSSR count). The number of carbonyl (C=O) groups is 1. The molecule has 0 saturated carbocycles. The van der Waals surface area contributed by atoms with Crippen molar-refractivity contribution in [3.63, 3.8) is 0 Å². The van der Waals surface area contributed by atoms with Crippen molar-refractivity contribution in [2.24, 2.45) is 7.05 Å². The molecule has 1 aliphatic rings. The Hall–Kier alpha value is -4.22. The molecule has 0 bridgehead atoms. The highest BCUT2D eigenvalue weighted by Crippen LogP contribution is 2.33. The Bertz CT molecular complexity index is 1490. The summed E-state index contributed by atoms with van der Waals surface area (Å²) in [7, 11) is 5.60. The SMILES string of the molecule is CN(C)C(=O)c1ccc(C2CCN(Cc3cc4c(-c5ccc(N)nc5C#N)ccnc4n3C)CC2)cc1. The number of nitrogens with two attached hydrogens (primary N) is 1. The van der Waals surface area contributed by atoms with E-state index in [1.165, 1.54) is 11.3 Å². The van der Waals surface area contributed by atoms with E-state index >= 15 is 0 Å². The fourth-order valence-electron chi connectivity index (χ4n) is 5.24. The van der Waals surface area contributed by atoms with Crippen LogP contribution in [-0.2, 0) is 13.6 Å². The fraction of sp³-hybridized carbons (Fsp3) is 0.310. The first-order valence-electron chi connectivity index (χ1n) is 12.5. The molecular formula is C29H31N7O. The van der Waals surface area contributed by atoms with Gasteiger partial charge in [0.15, 0.2) is 5.69 Å². The molecule has 0 unspecified atom stereocenters. The molecule has 188 valence electrons. The highest BCUT2D eigenvalue weighted by Gasteiger charge is 2.23. The molecule has 0 radical (unpaired) electrons. The molecule has 37 heavy (non-hydrogen) atoms. The minimum Gasteiger partial charge on any atom is -0.384 e. The predicted octanol–water partition coefficient (Wildman–Crippen LogP) is 4.17. The molecule has 1 aliphatic heterocycles. The Labute approximate surface area is 217 Å². The first-order chi connectivity index (χ1) is 17.9. The second-order valence-corrected chi connectivity index (χ2v) is 9.91. The van der Waals surface area contributed by atoms with Gasteiger partial charge in [-0.05, 0) is 79.4 Å². The predicted molar refractivity (Wildman–Crippen MR) is 145 cm³/mol.